The normalized spacial score (nSPS) is 14.2. The lowest BCUT2D eigenvalue weighted by atomic mass is 9.61. The lowest BCUT2D eigenvalue weighted by molar-refractivity contribution is 0.165. The van der Waals surface area contributed by atoms with E-state index in [1.54, 1.807) is 5.92 Å². The summed E-state index contributed by atoms with van der Waals surface area (Å²) in [6.45, 7) is 14.3. The lowest BCUT2D eigenvalue weighted by Crippen LogP contribution is -2.33. The van der Waals surface area contributed by atoms with Gasteiger partial charge in [0, 0.05) is 0 Å². The molecule has 0 fully saturated rings. The highest BCUT2D eigenvalue weighted by Gasteiger charge is 2.39. The van der Waals surface area contributed by atoms with Crippen LogP contribution in [0.4, 0.5) is 0 Å². The highest BCUT2D eigenvalue weighted by molar-refractivity contribution is 6.06. The minimum atomic E-state index is 0.171. The van der Waals surface area contributed by atoms with E-state index < -0.39 is 0 Å². The fraction of sp³-hybridized carbons (Fsp3) is 0.344. The van der Waals surface area contributed by atoms with Crippen molar-refractivity contribution >= 4 is 21.5 Å². The number of hydrogen-bond donors (Lipinski definition) is 0. The van der Waals surface area contributed by atoms with E-state index in [9.17, 15) is 0 Å². The maximum Gasteiger partial charge on any atom is -0.00640 e. The summed E-state index contributed by atoms with van der Waals surface area (Å²) in [4.78, 5) is 0. The maximum absolute atomic E-state index is 2.49. The molecule has 4 rings (SSSR count). The van der Waals surface area contributed by atoms with Gasteiger partial charge in [-0.15, -0.1) is 0 Å². The van der Waals surface area contributed by atoms with Crippen LogP contribution in [0.5, 0.6) is 0 Å². The molecular weight excluding hydrogens is 384 g/mol. The van der Waals surface area contributed by atoms with Crippen LogP contribution >= 0.6 is 0 Å². The molecule has 32 heavy (non-hydrogen) atoms. The molecule has 0 saturated carbocycles. The molecule has 0 aliphatic carbocycles. The summed E-state index contributed by atoms with van der Waals surface area (Å²) in [5.41, 5.74) is 4.44. The SMILES string of the molecule is CCC([C](C)C)C(C)(C)C(CC)c1ccc2ccccc2c1-c1cccc2ccccc12. The summed E-state index contributed by atoms with van der Waals surface area (Å²) in [6, 6.07) is 29.2. The van der Waals surface area contributed by atoms with Gasteiger partial charge in [-0.25, -0.2) is 0 Å². The molecule has 0 aliphatic heterocycles. The second-order valence-electron chi connectivity index (χ2n) is 10.1. The molecule has 4 aromatic carbocycles. The first-order valence-corrected chi connectivity index (χ1v) is 12.2. The minimum Gasteiger partial charge on any atom is -0.0651 e. The predicted octanol–water partition coefficient (Wildman–Crippen LogP) is 9.82. The van der Waals surface area contributed by atoms with Crippen LogP contribution < -0.4 is 0 Å². The highest BCUT2D eigenvalue weighted by Crippen LogP contribution is 2.51. The lowest BCUT2D eigenvalue weighted by Gasteiger charge is -2.44. The van der Waals surface area contributed by atoms with Crippen LogP contribution in [0.2, 0.25) is 0 Å². The molecule has 0 N–H and O–H groups in total. The van der Waals surface area contributed by atoms with Gasteiger partial charge in [0.15, 0.2) is 0 Å². The molecule has 0 heteroatoms. The molecule has 2 atom stereocenters. The molecule has 0 bridgehead atoms. The molecule has 0 nitrogen and oxygen atoms in total. The van der Waals surface area contributed by atoms with E-state index in [1.807, 2.05) is 0 Å². The van der Waals surface area contributed by atoms with E-state index in [1.165, 1.54) is 44.7 Å². The Kier molecular flexibility index (Phi) is 6.42. The zero-order valence-electron chi connectivity index (χ0n) is 20.6. The van der Waals surface area contributed by atoms with Crippen molar-refractivity contribution in [2.75, 3.05) is 0 Å². The topological polar surface area (TPSA) is 0 Å². The van der Waals surface area contributed by atoms with Crippen LogP contribution in [0, 0.1) is 17.3 Å². The zero-order chi connectivity index (χ0) is 22.9. The third kappa shape index (κ3) is 3.85. The second-order valence-corrected chi connectivity index (χ2v) is 10.1. The van der Waals surface area contributed by atoms with Gasteiger partial charge in [0.2, 0.25) is 0 Å². The van der Waals surface area contributed by atoms with Gasteiger partial charge in [-0.3, -0.25) is 0 Å². The summed E-state index contributed by atoms with van der Waals surface area (Å²) in [5, 5.41) is 5.32. The Balaban J connectivity index is 2.05. The zero-order valence-corrected chi connectivity index (χ0v) is 20.6. The molecule has 0 aromatic heterocycles. The maximum atomic E-state index is 2.49. The summed E-state index contributed by atoms with van der Waals surface area (Å²) in [5.74, 6) is 2.61. The van der Waals surface area contributed by atoms with Crippen LogP contribution in [0.3, 0.4) is 0 Å². The molecule has 0 spiro atoms. The van der Waals surface area contributed by atoms with Crippen molar-refractivity contribution in [2.24, 2.45) is 11.3 Å². The van der Waals surface area contributed by atoms with Gasteiger partial charge in [0.05, 0.1) is 0 Å². The van der Waals surface area contributed by atoms with E-state index in [0.29, 0.717) is 11.8 Å². The number of fused-ring (bicyclic) bond motifs is 2. The fourth-order valence-electron chi connectivity index (χ4n) is 6.39. The molecule has 165 valence electrons. The summed E-state index contributed by atoms with van der Waals surface area (Å²) >= 11 is 0. The third-order valence-corrected chi connectivity index (χ3v) is 7.71. The van der Waals surface area contributed by atoms with Crippen molar-refractivity contribution in [1.29, 1.82) is 0 Å². The highest BCUT2D eigenvalue weighted by atomic mass is 14.4. The first kappa shape index (κ1) is 22.6. The first-order chi connectivity index (χ1) is 15.4. The van der Waals surface area contributed by atoms with E-state index in [-0.39, 0.29) is 5.41 Å². The molecule has 2 unspecified atom stereocenters. The first-order valence-electron chi connectivity index (χ1n) is 12.2. The molecule has 1 radical (unpaired) electrons. The Bertz CT molecular complexity index is 1210. The minimum absolute atomic E-state index is 0.171. The Morgan fingerprint density at radius 1 is 0.688 bits per heavy atom. The quantitative estimate of drug-likeness (QED) is 0.278. The van der Waals surface area contributed by atoms with Gasteiger partial charge in [0.25, 0.3) is 0 Å². The van der Waals surface area contributed by atoms with Gasteiger partial charge in [-0.2, -0.15) is 0 Å². The predicted molar refractivity (Wildman–Crippen MR) is 142 cm³/mol. The summed E-state index contributed by atoms with van der Waals surface area (Å²) < 4.78 is 0. The largest absolute Gasteiger partial charge is 0.0651 e. The Morgan fingerprint density at radius 2 is 1.28 bits per heavy atom. The van der Waals surface area contributed by atoms with E-state index >= 15 is 0 Å². The van der Waals surface area contributed by atoms with E-state index in [4.69, 9.17) is 0 Å². The average Bonchev–Trinajstić information content (AvgIpc) is 2.79. The molecule has 0 aliphatic rings. The van der Waals surface area contributed by atoms with Crippen LogP contribution in [0.25, 0.3) is 32.7 Å². The van der Waals surface area contributed by atoms with Crippen LogP contribution in [-0.4, -0.2) is 0 Å². The second kappa shape index (κ2) is 9.10. The molecular formula is C32H37. The van der Waals surface area contributed by atoms with Crippen molar-refractivity contribution in [3.8, 4) is 11.1 Å². The Hall–Kier alpha value is -2.60. The standard InChI is InChI=1S/C32H37/c1-7-29(22(3)4)32(5,6)30(8-2)28-21-20-24-15-10-12-18-26(24)31(28)27-19-13-16-23-14-9-11-17-25(23)27/h9-21,29-30H,7-8H2,1-6H3. The summed E-state index contributed by atoms with van der Waals surface area (Å²) in [6.07, 6.45) is 2.32. The van der Waals surface area contributed by atoms with Crippen LogP contribution in [0.1, 0.15) is 65.9 Å². The Labute approximate surface area is 194 Å². The van der Waals surface area contributed by atoms with Crippen LogP contribution in [-0.2, 0) is 0 Å². The average molecular weight is 422 g/mol. The molecule has 4 aromatic rings. The smallest absolute Gasteiger partial charge is 0.00640 e. The van der Waals surface area contributed by atoms with Crippen LogP contribution in [0.15, 0.2) is 78.9 Å². The fourth-order valence-corrected chi connectivity index (χ4v) is 6.39. The number of hydrogen-bond acceptors (Lipinski definition) is 0. The number of benzene rings is 4. The van der Waals surface area contributed by atoms with Gasteiger partial charge in [-0.05, 0) is 67.8 Å². The molecule has 0 saturated heterocycles. The van der Waals surface area contributed by atoms with Gasteiger partial charge in [-0.1, -0.05) is 127 Å². The molecule has 0 heterocycles. The van der Waals surface area contributed by atoms with Gasteiger partial charge < -0.3 is 0 Å². The van der Waals surface area contributed by atoms with Crippen molar-refractivity contribution in [3.05, 3.63) is 90.3 Å². The van der Waals surface area contributed by atoms with Gasteiger partial charge >= 0.3 is 0 Å². The third-order valence-electron chi connectivity index (χ3n) is 7.71. The monoisotopic (exact) mass is 421 g/mol. The van der Waals surface area contributed by atoms with Crippen molar-refractivity contribution < 1.29 is 0 Å². The van der Waals surface area contributed by atoms with Crippen molar-refractivity contribution in [1.82, 2.24) is 0 Å². The van der Waals surface area contributed by atoms with Crippen molar-refractivity contribution in [2.45, 2.75) is 60.3 Å². The van der Waals surface area contributed by atoms with E-state index in [2.05, 4.69) is 120 Å². The van der Waals surface area contributed by atoms with Crippen molar-refractivity contribution in [3.63, 3.8) is 0 Å². The number of rotatable bonds is 7. The van der Waals surface area contributed by atoms with Gasteiger partial charge in [0.1, 0.15) is 0 Å². The summed E-state index contributed by atoms with van der Waals surface area (Å²) in [7, 11) is 0. The van der Waals surface area contributed by atoms with E-state index in [0.717, 1.165) is 6.42 Å². The molecule has 0 amide bonds. The Morgan fingerprint density at radius 3 is 1.91 bits per heavy atom.